The molecule has 2 atom stereocenters. The van der Waals surface area contributed by atoms with E-state index < -0.39 is 29.8 Å². The van der Waals surface area contributed by atoms with Crippen LogP contribution in [0.4, 0.5) is 0 Å². The number of carbonyl (C=O) groups excluding carboxylic acids is 4. The average Bonchev–Trinajstić information content (AvgIpc) is 2.68. The zero-order valence-electron chi connectivity index (χ0n) is 17.7. The molecule has 0 radical (unpaired) electrons. The highest BCUT2D eigenvalue weighted by atomic mass is 32.2. The number of hydrogen-bond acceptors (Lipinski definition) is 6. The van der Waals surface area contributed by atoms with Crippen molar-refractivity contribution in [3.8, 4) is 0 Å². The number of ketones is 1. The number of ether oxygens (including phenoxy) is 1. The lowest BCUT2D eigenvalue weighted by Gasteiger charge is -2.29. The van der Waals surface area contributed by atoms with Gasteiger partial charge >= 0.3 is 5.97 Å². The molecule has 1 heterocycles. The predicted octanol–water partition coefficient (Wildman–Crippen LogP) is 2.31. The maximum atomic E-state index is 12.6. The first kappa shape index (κ1) is 23.7. The van der Waals surface area contributed by atoms with E-state index in [0.29, 0.717) is 0 Å². The summed E-state index contributed by atoms with van der Waals surface area (Å²) < 4.78 is 5.00. The average molecular weight is 433 g/mol. The van der Waals surface area contributed by atoms with Gasteiger partial charge in [-0.2, -0.15) is 0 Å². The minimum absolute atomic E-state index is 0.122. The minimum atomic E-state index is -1.08. The Morgan fingerprint density at radius 2 is 1.80 bits per heavy atom. The highest BCUT2D eigenvalue weighted by Gasteiger charge is 2.32. The molecule has 0 saturated carbocycles. The Labute approximate surface area is 181 Å². The number of amides is 2. The van der Waals surface area contributed by atoms with Crippen LogP contribution in [0.3, 0.4) is 0 Å². The highest BCUT2D eigenvalue weighted by molar-refractivity contribution is 8.03. The normalized spacial score (nSPS) is 17.2. The van der Waals surface area contributed by atoms with Crippen LogP contribution in [0.5, 0.6) is 0 Å². The second-order valence-corrected chi connectivity index (χ2v) is 8.73. The molecule has 7 nitrogen and oxygen atoms in total. The quantitative estimate of drug-likeness (QED) is 0.476. The van der Waals surface area contributed by atoms with Gasteiger partial charge in [0, 0.05) is 12.6 Å². The summed E-state index contributed by atoms with van der Waals surface area (Å²) >= 11 is 1.42. The fourth-order valence-electron chi connectivity index (χ4n) is 2.93. The number of nitrogens with zero attached hydrogens (tertiary/aromatic N) is 1. The van der Waals surface area contributed by atoms with E-state index in [0.717, 1.165) is 5.56 Å². The van der Waals surface area contributed by atoms with Crippen LogP contribution in [-0.2, 0) is 30.3 Å². The number of Topliss-reactive ketones (excluding diaryl/α,β-unsaturated/α-hetero) is 1. The first-order valence-corrected chi connectivity index (χ1v) is 10.8. The third kappa shape index (κ3) is 6.73. The molecule has 1 aromatic rings. The summed E-state index contributed by atoms with van der Waals surface area (Å²) in [6.45, 7) is 6.96. The Morgan fingerprint density at radius 1 is 1.13 bits per heavy atom. The Kier molecular flexibility index (Phi) is 8.65. The lowest BCUT2D eigenvalue weighted by molar-refractivity contribution is -0.157. The highest BCUT2D eigenvalue weighted by Crippen LogP contribution is 2.27. The number of thioether (sulfide) groups is 1. The van der Waals surface area contributed by atoms with Gasteiger partial charge in [-0.1, -0.05) is 44.2 Å². The Bertz CT molecular complexity index is 807. The Hall–Kier alpha value is -2.61. The molecule has 1 unspecified atom stereocenters. The third-order valence-electron chi connectivity index (χ3n) is 4.39. The number of hydrogen-bond donors (Lipinski definition) is 1. The molecular formula is C22H28N2O5S. The topological polar surface area (TPSA) is 92.8 Å². The van der Waals surface area contributed by atoms with Crippen molar-refractivity contribution in [3.63, 3.8) is 0 Å². The van der Waals surface area contributed by atoms with E-state index in [4.69, 9.17) is 4.74 Å². The molecule has 8 heteroatoms. The van der Waals surface area contributed by atoms with E-state index in [1.807, 2.05) is 44.2 Å². The van der Waals surface area contributed by atoms with Crippen molar-refractivity contribution in [2.24, 2.45) is 5.92 Å². The number of benzene rings is 1. The summed E-state index contributed by atoms with van der Waals surface area (Å²) in [5, 5.41) is 4.13. The maximum Gasteiger partial charge on any atom is 0.377 e. The van der Waals surface area contributed by atoms with Gasteiger partial charge in [-0.25, -0.2) is 4.79 Å². The molecule has 2 rings (SSSR count). The molecule has 1 aliphatic heterocycles. The van der Waals surface area contributed by atoms with E-state index in [-0.39, 0.29) is 30.0 Å². The Balaban J connectivity index is 2.10. The second-order valence-electron chi connectivity index (χ2n) is 7.68. The van der Waals surface area contributed by atoms with Crippen LogP contribution in [0.2, 0.25) is 0 Å². The van der Waals surface area contributed by atoms with E-state index in [1.165, 1.54) is 16.7 Å². The summed E-state index contributed by atoms with van der Waals surface area (Å²) in [7, 11) is 0. The molecule has 1 aliphatic rings. The smallest absolute Gasteiger partial charge is 0.377 e. The lowest BCUT2D eigenvalue weighted by atomic mass is 10.0. The van der Waals surface area contributed by atoms with Gasteiger partial charge in [0.2, 0.25) is 11.8 Å². The first-order chi connectivity index (χ1) is 14.2. The van der Waals surface area contributed by atoms with Gasteiger partial charge in [0.15, 0.2) is 0 Å². The molecule has 1 N–H and O–H groups in total. The van der Waals surface area contributed by atoms with Crippen LogP contribution in [-0.4, -0.2) is 52.4 Å². The first-order valence-electron chi connectivity index (χ1n) is 9.89. The summed E-state index contributed by atoms with van der Waals surface area (Å²) in [6, 6.07) is 8.00. The van der Waals surface area contributed by atoms with Gasteiger partial charge in [-0.3, -0.25) is 14.4 Å². The fourth-order valence-corrected chi connectivity index (χ4v) is 3.88. The number of nitrogens with one attached hydrogen (secondary N) is 1. The van der Waals surface area contributed by atoms with Gasteiger partial charge in [0.1, 0.15) is 12.6 Å². The van der Waals surface area contributed by atoms with Gasteiger partial charge in [-0.05, 0) is 30.7 Å². The van der Waals surface area contributed by atoms with E-state index in [2.05, 4.69) is 5.32 Å². The van der Waals surface area contributed by atoms with Crippen molar-refractivity contribution in [2.45, 2.75) is 51.5 Å². The van der Waals surface area contributed by atoms with Crippen molar-refractivity contribution in [1.29, 1.82) is 0 Å². The molecule has 0 bridgehead atoms. The van der Waals surface area contributed by atoms with E-state index in [9.17, 15) is 19.2 Å². The monoisotopic (exact) mass is 432 g/mol. The molecule has 2 amide bonds. The number of rotatable bonds is 9. The maximum absolute atomic E-state index is 12.6. The fraction of sp³-hybridized carbons (Fsp3) is 0.455. The number of esters is 1. The van der Waals surface area contributed by atoms with Crippen LogP contribution in [0.1, 0.15) is 33.3 Å². The summed E-state index contributed by atoms with van der Waals surface area (Å²) in [5.74, 6) is -2.36. The van der Waals surface area contributed by atoms with Crippen LogP contribution >= 0.6 is 11.8 Å². The van der Waals surface area contributed by atoms with E-state index in [1.54, 1.807) is 25.5 Å². The minimum Gasteiger partial charge on any atom is -0.457 e. The van der Waals surface area contributed by atoms with Gasteiger partial charge in [0.25, 0.3) is 5.78 Å². The van der Waals surface area contributed by atoms with Gasteiger partial charge in [-0.15, -0.1) is 11.8 Å². The number of carbonyl (C=O) groups is 4. The van der Waals surface area contributed by atoms with Crippen LogP contribution in [0.15, 0.2) is 41.9 Å². The van der Waals surface area contributed by atoms with Crippen molar-refractivity contribution in [3.05, 3.63) is 47.5 Å². The standard InChI is InChI=1S/C22H28N2O5S/c1-14(2)20-21(27)24(10-11-30-20)13-18(25)23-17(12-16-8-6-5-7-9-16)19(26)22(28)29-15(3)4/h5-11,14-15,17,20H,12-13H2,1-4H3,(H,23,25)/t17-,20?/m0/s1. The van der Waals surface area contributed by atoms with Crippen LogP contribution < -0.4 is 5.32 Å². The van der Waals surface area contributed by atoms with Crippen molar-refractivity contribution in [2.75, 3.05) is 6.54 Å². The molecule has 0 fully saturated rings. The molecule has 0 aromatic heterocycles. The lowest BCUT2D eigenvalue weighted by Crippen LogP contribution is -2.50. The van der Waals surface area contributed by atoms with Crippen molar-refractivity contribution < 1.29 is 23.9 Å². The summed E-state index contributed by atoms with van der Waals surface area (Å²) in [5.41, 5.74) is 0.790. The molecule has 0 aliphatic carbocycles. The largest absolute Gasteiger partial charge is 0.457 e. The summed E-state index contributed by atoms with van der Waals surface area (Å²) in [6.07, 6.45) is 1.26. The third-order valence-corrected chi connectivity index (χ3v) is 5.71. The van der Waals surface area contributed by atoms with Crippen molar-refractivity contribution >= 4 is 35.3 Å². The predicted molar refractivity (Wildman–Crippen MR) is 115 cm³/mol. The zero-order valence-corrected chi connectivity index (χ0v) is 18.5. The molecule has 0 saturated heterocycles. The molecule has 30 heavy (non-hydrogen) atoms. The van der Waals surface area contributed by atoms with Crippen LogP contribution in [0.25, 0.3) is 0 Å². The molecular weight excluding hydrogens is 404 g/mol. The SMILES string of the molecule is CC(C)OC(=O)C(=O)[C@H](Cc1ccccc1)NC(=O)CN1C=CSC(C(C)C)C1=O. The Morgan fingerprint density at radius 3 is 2.40 bits per heavy atom. The molecule has 162 valence electrons. The van der Waals surface area contributed by atoms with Gasteiger partial charge in [0.05, 0.1) is 11.4 Å². The molecule has 0 spiro atoms. The second kappa shape index (κ2) is 11.0. The van der Waals surface area contributed by atoms with E-state index >= 15 is 0 Å². The van der Waals surface area contributed by atoms with Gasteiger partial charge < -0.3 is 15.0 Å². The summed E-state index contributed by atoms with van der Waals surface area (Å²) in [4.78, 5) is 51.3. The zero-order chi connectivity index (χ0) is 22.3. The van der Waals surface area contributed by atoms with Crippen LogP contribution in [0, 0.1) is 5.92 Å². The van der Waals surface area contributed by atoms with Crippen molar-refractivity contribution in [1.82, 2.24) is 10.2 Å². The molecule has 1 aromatic carbocycles.